The first-order valence-electron chi connectivity index (χ1n) is 6.87. The lowest BCUT2D eigenvalue weighted by molar-refractivity contribution is 0.102. The molecule has 2 rings (SSSR count). The molecule has 2 heterocycles. The van der Waals surface area contributed by atoms with Crippen LogP contribution < -0.4 is 5.32 Å². The van der Waals surface area contributed by atoms with E-state index < -0.39 is 22.1 Å². The molecule has 126 valence electrons. The minimum absolute atomic E-state index is 0.00573. The Morgan fingerprint density at radius 2 is 2.00 bits per heavy atom. The lowest BCUT2D eigenvalue weighted by atomic mass is 10.3. The Morgan fingerprint density at radius 3 is 2.52 bits per heavy atom. The van der Waals surface area contributed by atoms with Crippen LogP contribution in [0.15, 0.2) is 12.1 Å². The number of sulfonamides is 1. The number of urea groups is 2. The van der Waals surface area contributed by atoms with Crippen molar-refractivity contribution in [1.29, 1.82) is 0 Å². The molecule has 1 aliphatic rings. The van der Waals surface area contributed by atoms with E-state index in [0.717, 1.165) is 16.0 Å². The summed E-state index contributed by atoms with van der Waals surface area (Å²) >= 11 is 1.36. The molecule has 8 nitrogen and oxygen atoms in total. The minimum atomic E-state index is -3.66. The summed E-state index contributed by atoms with van der Waals surface area (Å²) in [4.78, 5) is 37.5. The number of nitrogens with one attached hydrogen (secondary N) is 1. The summed E-state index contributed by atoms with van der Waals surface area (Å²) in [6.45, 7) is 1.78. The van der Waals surface area contributed by atoms with Gasteiger partial charge in [-0.2, -0.15) is 0 Å². The van der Waals surface area contributed by atoms with Crippen molar-refractivity contribution in [2.45, 2.75) is 13.3 Å². The number of Topliss-reactive ketones (excluding diaryl/α,β-unsaturated/α-hetero) is 1. The Kier molecular flexibility index (Phi) is 5.05. The van der Waals surface area contributed by atoms with Gasteiger partial charge in [0.1, 0.15) is 0 Å². The molecule has 10 heteroatoms. The van der Waals surface area contributed by atoms with Crippen LogP contribution in [-0.4, -0.2) is 61.4 Å². The Balaban J connectivity index is 1.85. The highest BCUT2D eigenvalue weighted by molar-refractivity contribution is 7.88. The first-order chi connectivity index (χ1) is 10.7. The summed E-state index contributed by atoms with van der Waals surface area (Å²) in [6.07, 6.45) is 1.46. The number of carbonyl (C=O) groups excluding carboxylic acids is 3. The maximum Gasteiger partial charge on any atom is 0.341 e. The molecule has 0 unspecified atom stereocenters. The van der Waals surface area contributed by atoms with Gasteiger partial charge in [-0.25, -0.2) is 27.2 Å². The average molecular weight is 359 g/mol. The predicted octanol–water partition coefficient (Wildman–Crippen LogP) is 0.900. The molecule has 1 aromatic rings. The smallest absolute Gasteiger partial charge is 0.337 e. The van der Waals surface area contributed by atoms with Gasteiger partial charge in [0, 0.05) is 11.4 Å². The Hall–Kier alpha value is -1.94. The number of hydrogen-bond acceptors (Lipinski definition) is 6. The van der Waals surface area contributed by atoms with Gasteiger partial charge in [0.25, 0.3) is 0 Å². The van der Waals surface area contributed by atoms with E-state index >= 15 is 0 Å². The van der Waals surface area contributed by atoms with Crippen LogP contribution in [0.3, 0.4) is 0 Å². The number of rotatable bonds is 5. The zero-order valence-electron chi connectivity index (χ0n) is 12.7. The van der Waals surface area contributed by atoms with Crippen molar-refractivity contribution >= 4 is 39.2 Å². The molecule has 0 radical (unpaired) electrons. The summed E-state index contributed by atoms with van der Waals surface area (Å²) in [5.41, 5.74) is 0. The number of ketones is 1. The van der Waals surface area contributed by atoms with Gasteiger partial charge < -0.3 is 5.32 Å². The van der Waals surface area contributed by atoms with Crippen LogP contribution in [-0.2, 0) is 16.4 Å². The average Bonchev–Trinajstić information content (AvgIpc) is 3.04. The van der Waals surface area contributed by atoms with Gasteiger partial charge in [0.05, 0.1) is 24.2 Å². The van der Waals surface area contributed by atoms with Gasteiger partial charge in [-0.3, -0.25) is 4.79 Å². The first kappa shape index (κ1) is 17.4. The number of thiophene rings is 1. The summed E-state index contributed by atoms with van der Waals surface area (Å²) in [5.74, 6) is -0.00573. The van der Waals surface area contributed by atoms with E-state index in [1.165, 1.54) is 18.3 Å². The second-order valence-electron chi connectivity index (χ2n) is 5.07. The van der Waals surface area contributed by atoms with Crippen LogP contribution in [0.5, 0.6) is 0 Å². The highest BCUT2D eigenvalue weighted by Gasteiger charge is 2.37. The van der Waals surface area contributed by atoms with E-state index in [9.17, 15) is 22.8 Å². The van der Waals surface area contributed by atoms with E-state index in [2.05, 4.69) is 5.32 Å². The maximum atomic E-state index is 12.0. The minimum Gasteiger partial charge on any atom is -0.337 e. The predicted molar refractivity (Wildman–Crippen MR) is 85.1 cm³/mol. The second-order valence-corrected chi connectivity index (χ2v) is 8.15. The van der Waals surface area contributed by atoms with Crippen molar-refractivity contribution < 1.29 is 22.8 Å². The lowest BCUT2D eigenvalue weighted by Crippen LogP contribution is -2.44. The topological polar surface area (TPSA) is 104 Å². The molecule has 4 amide bonds. The number of amides is 4. The van der Waals surface area contributed by atoms with Crippen molar-refractivity contribution in [2.75, 3.05) is 25.9 Å². The molecular formula is C13H17N3O5S2. The zero-order valence-corrected chi connectivity index (χ0v) is 14.4. The van der Waals surface area contributed by atoms with E-state index in [4.69, 9.17) is 0 Å². The standard InChI is InChI=1S/C13H17N3O5S2/c1-9(17)11-4-3-10(22-11)5-6-14-12(18)15-7-8-16(13(15)19)23(2,20)21/h3-4H,5-8H2,1-2H3,(H,14,18). The van der Waals surface area contributed by atoms with Crippen molar-refractivity contribution in [3.63, 3.8) is 0 Å². The molecular weight excluding hydrogens is 342 g/mol. The maximum absolute atomic E-state index is 12.0. The van der Waals surface area contributed by atoms with Crippen molar-refractivity contribution in [1.82, 2.24) is 14.5 Å². The number of carbonyl (C=O) groups is 3. The van der Waals surface area contributed by atoms with Crippen molar-refractivity contribution in [2.24, 2.45) is 0 Å². The highest BCUT2D eigenvalue weighted by Crippen LogP contribution is 2.17. The Labute approximate surface area is 138 Å². The molecule has 0 aromatic carbocycles. The molecule has 1 N–H and O–H groups in total. The van der Waals surface area contributed by atoms with E-state index in [0.29, 0.717) is 22.1 Å². The third-order valence-electron chi connectivity index (χ3n) is 3.27. The van der Waals surface area contributed by atoms with E-state index in [1.807, 2.05) is 6.07 Å². The molecule has 0 aliphatic carbocycles. The Morgan fingerprint density at radius 1 is 1.30 bits per heavy atom. The normalized spacial score (nSPS) is 15.1. The molecule has 0 spiro atoms. The fourth-order valence-electron chi connectivity index (χ4n) is 2.10. The number of imide groups is 1. The van der Waals surface area contributed by atoms with Gasteiger partial charge >= 0.3 is 12.1 Å². The molecule has 1 aromatic heterocycles. The largest absolute Gasteiger partial charge is 0.341 e. The van der Waals surface area contributed by atoms with Crippen LogP contribution in [0.25, 0.3) is 0 Å². The van der Waals surface area contributed by atoms with Gasteiger partial charge in [-0.05, 0) is 25.5 Å². The zero-order chi connectivity index (χ0) is 17.2. The quantitative estimate of drug-likeness (QED) is 0.787. The molecule has 0 bridgehead atoms. The molecule has 1 aliphatic heterocycles. The van der Waals surface area contributed by atoms with Crippen LogP contribution in [0.2, 0.25) is 0 Å². The summed E-state index contributed by atoms with van der Waals surface area (Å²) in [5, 5.41) is 2.58. The third kappa shape index (κ3) is 4.08. The SMILES string of the molecule is CC(=O)c1ccc(CCNC(=O)N2CCN(S(C)(=O)=O)C2=O)s1. The van der Waals surface area contributed by atoms with Gasteiger partial charge in [-0.1, -0.05) is 0 Å². The summed E-state index contributed by atoms with van der Waals surface area (Å²) < 4.78 is 23.4. The molecule has 1 fully saturated rings. The highest BCUT2D eigenvalue weighted by atomic mass is 32.2. The monoisotopic (exact) mass is 359 g/mol. The summed E-state index contributed by atoms with van der Waals surface area (Å²) in [6, 6.07) is 2.10. The van der Waals surface area contributed by atoms with Crippen LogP contribution in [0.1, 0.15) is 21.5 Å². The van der Waals surface area contributed by atoms with E-state index in [-0.39, 0.29) is 18.9 Å². The summed E-state index contributed by atoms with van der Waals surface area (Å²) in [7, 11) is -3.66. The lowest BCUT2D eigenvalue weighted by Gasteiger charge is -2.16. The Bertz CT molecular complexity index is 741. The van der Waals surface area contributed by atoms with Crippen molar-refractivity contribution in [3.8, 4) is 0 Å². The molecule has 0 atom stereocenters. The fraction of sp³-hybridized carbons (Fsp3) is 0.462. The molecule has 0 saturated carbocycles. The third-order valence-corrected chi connectivity index (χ3v) is 5.66. The van der Waals surface area contributed by atoms with Gasteiger partial charge in [0.2, 0.25) is 10.0 Å². The van der Waals surface area contributed by atoms with Crippen LogP contribution in [0, 0.1) is 0 Å². The molecule has 23 heavy (non-hydrogen) atoms. The second kappa shape index (κ2) is 6.67. The number of hydrogen-bond donors (Lipinski definition) is 1. The van der Waals surface area contributed by atoms with Crippen LogP contribution >= 0.6 is 11.3 Å². The van der Waals surface area contributed by atoms with Crippen molar-refractivity contribution in [3.05, 3.63) is 21.9 Å². The molecule has 1 saturated heterocycles. The van der Waals surface area contributed by atoms with Crippen LogP contribution in [0.4, 0.5) is 9.59 Å². The van der Waals surface area contributed by atoms with E-state index in [1.54, 1.807) is 6.07 Å². The first-order valence-corrected chi connectivity index (χ1v) is 9.53. The number of nitrogens with zero attached hydrogens (tertiary/aromatic N) is 2. The van der Waals surface area contributed by atoms with Gasteiger partial charge in [-0.15, -0.1) is 11.3 Å². The van der Waals surface area contributed by atoms with Gasteiger partial charge in [0.15, 0.2) is 5.78 Å². The fourth-order valence-corrected chi connectivity index (χ4v) is 3.80.